The first kappa shape index (κ1) is 12.6. The second-order valence-electron chi connectivity index (χ2n) is 4.56. The Morgan fingerprint density at radius 2 is 2.41 bits per heavy atom. The van der Waals surface area contributed by atoms with Gasteiger partial charge in [0.1, 0.15) is 5.54 Å². The molecule has 1 aliphatic rings. The Morgan fingerprint density at radius 3 is 2.82 bits per heavy atom. The highest BCUT2D eigenvalue weighted by molar-refractivity contribution is 9.10. The SMILES string of the molecule is Cc1nn(C)c(CC2(C(=O)O)CCCN2)c1Br. The Balaban J connectivity index is 2.33. The number of aryl methyl sites for hydroxylation is 2. The van der Waals surface area contributed by atoms with Gasteiger partial charge < -0.3 is 10.4 Å². The van der Waals surface area contributed by atoms with Gasteiger partial charge in [-0.1, -0.05) is 0 Å². The van der Waals surface area contributed by atoms with Gasteiger partial charge in [0.2, 0.25) is 0 Å². The molecule has 2 heterocycles. The fraction of sp³-hybridized carbons (Fsp3) is 0.636. The lowest BCUT2D eigenvalue weighted by molar-refractivity contribution is -0.144. The first-order chi connectivity index (χ1) is 7.96. The van der Waals surface area contributed by atoms with E-state index in [1.807, 2.05) is 14.0 Å². The van der Waals surface area contributed by atoms with Crippen molar-refractivity contribution >= 4 is 21.9 Å². The maximum absolute atomic E-state index is 11.4. The standard InChI is InChI=1S/C11H16BrN3O2/c1-7-9(12)8(15(2)14-7)6-11(10(16)17)4-3-5-13-11/h13H,3-6H2,1-2H3,(H,16,17). The number of hydrogen-bond acceptors (Lipinski definition) is 3. The summed E-state index contributed by atoms with van der Waals surface area (Å²) in [6, 6.07) is 0. The number of carboxylic acid groups (broad SMARTS) is 1. The normalized spacial score (nSPS) is 24.2. The minimum Gasteiger partial charge on any atom is -0.480 e. The van der Waals surface area contributed by atoms with E-state index in [0.717, 1.165) is 28.8 Å². The zero-order valence-corrected chi connectivity index (χ0v) is 11.5. The van der Waals surface area contributed by atoms with Gasteiger partial charge in [0, 0.05) is 13.5 Å². The molecule has 0 aliphatic carbocycles. The van der Waals surface area contributed by atoms with Crippen LogP contribution in [0.5, 0.6) is 0 Å². The summed E-state index contributed by atoms with van der Waals surface area (Å²) in [6.07, 6.45) is 2.03. The van der Waals surface area contributed by atoms with Gasteiger partial charge in [0.05, 0.1) is 15.9 Å². The van der Waals surface area contributed by atoms with Crippen molar-refractivity contribution in [3.63, 3.8) is 0 Å². The molecule has 17 heavy (non-hydrogen) atoms. The molecule has 0 radical (unpaired) electrons. The van der Waals surface area contributed by atoms with Crippen molar-refractivity contribution < 1.29 is 9.90 Å². The van der Waals surface area contributed by atoms with Gasteiger partial charge in [-0.05, 0) is 42.2 Å². The number of nitrogens with one attached hydrogen (secondary N) is 1. The quantitative estimate of drug-likeness (QED) is 0.881. The van der Waals surface area contributed by atoms with Crippen LogP contribution in [-0.4, -0.2) is 32.9 Å². The van der Waals surface area contributed by atoms with Gasteiger partial charge in [0.15, 0.2) is 0 Å². The van der Waals surface area contributed by atoms with Crippen molar-refractivity contribution in [3.8, 4) is 0 Å². The van der Waals surface area contributed by atoms with Gasteiger partial charge in [-0.15, -0.1) is 0 Å². The Labute approximate surface area is 108 Å². The molecule has 94 valence electrons. The zero-order valence-electron chi connectivity index (χ0n) is 9.96. The van der Waals surface area contributed by atoms with Crippen LogP contribution in [0.3, 0.4) is 0 Å². The Bertz CT molecular complexity index is 450. The second kappa shape index (κ2) is 4.42. The van der Waals surface area contributed by atoms with Crippen LogP contribution in [0, 0.1) is 6.92 Å². The van der Waals surface area contributed by atoms with Crippen molar-refractivity contribution in [2.24, 2.45) is 7.05 Å². The average molecular weight is 302 g/mol. The molecule has 1 atom stereocenters. The van der Waals surface area contributed by atoms with Crippen molar-refractivity contribution in [2.45, 2.75) is 31.7 Å². The third-order valence-corrected chi connectivity index (χ3v) is 4.42. The number of aromatic nitrogens is 2. The number of aliphatic carboxylic acids is 1. The average Bonchev–Trinajstić information content (AvgIpc) is 2.81. The summed E-state index contributed by atoms with van der Waals surface area (Å²) < 4.78 is 2.67. The monoisotopic (exact) mass is 301 g/mol. The summed E-state index contributed by atoms with van der Waals surface area (Å²) in [7, 11) is 1.84. The second-order valence-corrected chi connectivity index (χ2v) is 5.36. The lowest BCUT2D eigenvalue weighted by Crippen LogP contribution is -2.49. The predicted molar refractivity (Wildman–Crippen MR) is 67.0 cm³/mol. The molecular weight excluding hydrogens is 286 g/mol. The number of nitrogens with zero attached hydrogens (tertiary/aromatic N) is 2. The van der Waals surface area contributed by atoms with Crippen LogP contribution in [0.25, 0.3) is 0 Å². The van der Waals surface area contributed by atoms with E-state index >= 15 is 0 Å². The molecule has 0 spiro atoms. The minimum absolute atomic E-state index is 0.459. The molecule has 5 nitrogen and oxygen atoms in total. The highest BCUT2D eigenvalue weighted by Crippen LogP contribution is 2.29. The van der Waals surface area contributed by atoms with Gasteiger partial charge in [0.25, 0.3) is 0 Å². The molecule has 0 bridgehead atoms. The molecule has 1 fully saturated rings. The van der Waals surface area contributed by atoms with E-state index in [-0.39, 0.29) is 0 Å². The van der Waals surface area contributed by atoms with E-state index in [1.54, 1.807) is 4.68 Å². The molecule has 0 saturated carbocycles. The summed E-state index contributed by atoms with van der Waals surface area (Å²) in [5, 5.41) is 16.8. The van der Waals surface area contributed by atoms with Crippen LogP contribution in [0.2, 0.25) is 0 Å². The van der Waals surface area contributed by atoms with Crippen molar-refractivity contribution in [2.75, 3.05) is 6.54 Å². The number of rotatable bonds is 3. The van der Waals surface area contributed by atoms with Crippen molar-refractivity contribution in [1.82, 2.24) is 15.1 Å². The third-order valence-electron chi connectivity index (χ3n) is 3.38. The molecule has 0 amide bonds. The number of halogens is 1. The van der Waals surface area contributed by atoms with Gasteiger partial charge in [-0.2, -0.15) is 5.10 Å². The zero-order chi connectivity index (χ0) is 12.6. The molecule has 1 aliphatic heterocycles. The molecule has 2 rings (SSSR count). The summed E-state index contributed by atoms with van der Waals surface area (Å²) in [6.45, 7) is 2.67. The van der Waals surface area contributed by atoms with Crippen LogP contribution in [0.15, 0.2) is 4.47 Å². The van der Waals surface area contributed by atoms with E-state index in [2.05, 4.69) is 26.3 Å². The van der Waals surface area contributed by atoms with Gasteiger partial charge in [-0.3, -0.25) is 9.48 Å². The third kappa shape index (κ3) is 2.11. The highest BCUT2D eigenvalue weighted by Gasteiger charge is 2.42. The smallest absolute Gasteiger partial charge is 0.324 e. The molecule has 1 unspecified atom stereocenters. The Hall–Kier alpha value is -0.880. The van der Waals surface area contributed by atoms with E-state index in [4.69, 9.17) is 0 Å². The van der Waals surface area contributed by atoms with E-state index in [0.29, 0.717) is 12.8 Å². The van der Waals surface area contributed by atoms with Crippen molar-refractivity contribution in [3.05, 3.63) is 15.9 Å². The van der Waals surface area contributed by atoms with E-state index < -0.39 is 11.5 Å². The van der Waals surface area contributed by atoms with E-state index in [9.17, 15) is 9.90 Å². The summed E-state index contributed by atoms with van der Waals surface area (Å²) >= 11 is 3.48. The van der Waals surface area contributed by atoms with Gasteiger partial charge >= 0.3 is 5.97 Å². The largest absolute Gasteiger partial charge is 0.480 e. The minimum atomic E-state index is -0.831. The number of carbonyl (C=O) groups is 1. The topological polar surface area (TPSA) is 67.2 Å². The summed E-state index contributed by atoms with van der Waals surface area (Å²) in [5.74, 6) is -0.777. The molecule has 0 aromatic carbocycles. The van der Waals surface area contributed by atoms with E-state index in [1.165, 1.54) is 0 Å². The predicted octanol–water partition coefficient (Wildman–Crippen LogP) is 1.24. The first-order valence-electron chi connectivity index (χ1n) is 5.63. The molecule has 6 heteroatoms. The molecule has 1 aromatic heterocycles. The lowest BCUT2D eigenvalue weighted by Gasteiger charge is -2.24. The maximum Gasteiger partial charge on any atom is 0.324 e. The van der Waals surface area contributed by atoms with Crippen LogP contribution >= 0.6 is 15.9 Å². The van der Waals surface area contributed by atoms with Crippen LogP contribution in [-0.2, 0) is 18.3 Å². The first-order valence-corrected chi connectivity index (χ1v) is 6.42. The number of carboxylic acids is 1. The van der Waals surface area contributed by atoms with Crippen LogP contribution in [0.1, 0.15) is 24.2 Å². The Kier molecular flexibility index (Phi) is 3.27. The van der Waals surface area contributed by atoms with Crippen LogP contribution < -0.4 is 5.32 Å². The molecular formula is C11H16BrN3O2. The van der Waals surface area contributed by atoms with Gasteiger partial charge in [-0.25, -0.2) is 0 Å². The fourth-order valence-electron chi connectivity index (χ4n) is 2.37. The summed E-state index contributed by atoms with van der Waals surface area (Å²) in [4.78, 5) is 11.4. The number of hydrogen-bond donors (Lipinski definition) is 2. The fourth-order valence-corrected chi connectivity index (χ4v) is 2.85. The van der Waals surface area contributed by atoms with Crippen LogP contribution in [0.4, 0.5) is 0 Å². The molecule has 2 N–H and O–H groups in total. The molecule has 1 saturated heterocycles. The maximum atomic E-state index is 11.4. The Morgan fingerprint density at radius 1 is 1.71 bits per heavy atom. The highest BCUT2D eigenvalue weighted by atomic mass is 79.9. The molecule has 1 aromatic rings. The summed E-state index contributed by atoms with van der Waals surface area (Å²) in [5.41, 5.74) is 0.989. The van der Waals surface area contributed by atoms with Crippen molar-refractivity contribution in [1.29, 1.82) is 0 Å². The lowest BCUT2D eigenvalue weighted by atomic mass is 9.91.